The average molecular weight is 892 g/mol. The van der Waals surface area contributed by atoms with Crippen molar-refractivity contribution in [2.45, 2.75) is 147 Å². The van der Waals surface area contributed by atoms with E-state index in [0.29, 0.717) is 23.5 Å². The summed E-state index contributed by atoms with van der Waals surface area (Å²) in [4.78, 5) is 111. The number of nitrogens with one attached hydrogen (secondary N) is 5. The third-order valence-corrected chi connectivity index (χ3v) is 11.3. The first-order chi connectivity index (χ1) is 30.3. The fraction of sp³-hybridized carbons (Fsp3) is 0.565. The molecule has 0 bridgehead atoms. The summed E-state index contributed by atoms with van der Waals surface area (Å²) in [6.07, 6.45) is -0.0825. The molecule has 2 fully saturated rings. The van der Waals surface area contributed by atoms with Crippen LogP contribution in [0.15, 0.2) is 54.6 Å². The van der Waals surface area contributed by atoms with Crippen molar-refractivity contribution in [3.8, 4) is 5.75 Å². The lowest BCUT2D eigenvalue weighted by molar-refractivity contribution is -0.155. The number of carbonyl (C=O) groups is 8. The Balaban J connectivity index is 1.77. The first-order valence-corrected chi connectivity index (χ1v) is 22.1. The highest BCUT2D eigenvalue weighted by molar-refractivity contribution is 5.98. The summed E-state index contributed by atoms with van der Waals surface area (Å²) in [7, 11) is 0. The first kappa shape index (κ1) is 50.6. The van der Waals surface area contributed by atoms with Gasteiger partial charge in [-0.05, 0) is 54.9 Å². The lowest BCUT2D eigenvalue weighted by Crippen LogP contribution is -2.60. The first-order valence-electron chi connectivity index (χ1n) is 22.1. The van der Waals surface area contributed by atoms with Crippen molar-refractivity contribution in [2.75, 3.05) is 6.54 Å². The van der Waals surface area contributed by atoms with Gasteiger partial charge in [0.1, 0.15) is 48.1 Å². The third-order valence-electron chi connectivity index (χ3n) is 11.3. The standard InChI is InChI=1S/C46H65N7O11/c1-26(2)12-8-6-11-15-33-23-39(57)49-35(20-29-13-9-7-10-14-29)45(62)53-25-32(55)22-37(53)43(60)48-28(5)41(58)52-40(27(3)4)44(61)50-34(24-38(47)56)42(59)51-36(46(63)64-33)21-30-16-18-31(54)19-17-30/h7,9-10,13-14,16-19,26-28,32-37,40,54-55H,6,8,11-12,15,20-25H2,1-5H3,(H2,47,56)(H,48,60)(H,49,57)(H,50,61)(H,51,59)(H,52,58). The quantitative estimate of drug-likeness (QED) is 0.104. The van der Waals surface area contributed by atoms with Gasteiger partial charge in [0.15, 0.2) is 0 Å². The van der Waals surface area contributed by atoms with Crippen LogP contribution < -0.4 is 32.3 Å². The number of hydrogen-bond donors (Lipinski definition) is 8. The van der Waals surface area contributed by atoms with Gasteiger partial charge in [0.25, 0.3) is 0 Å². The maximum Gasteiger partial charge on any atom is 0.329 e. The summed E-state index contributed by atoms with van der Waals surface area (Å²) >= 11 is 0. The van der Waals surface area contributed by atoms with Crippen molar-refractivity contribution < 1.29 is 53.3 Å². The van der Waals surface area contributed by atoms with Crippen LogP contribution in [-0.2, 0) is 55.9 Å². The van der Waals surface area contributed by atoms with Crippen molar-refractivity contribution in [3.63, 3.8) is 0 Å². The summed E-state index contributed by atoms with van der Waals surface area (Å²) in [6.45, 7) is 8.60. The molecule has 2 aliphatic heterocycles. The van der Waals surface area contributed by atoms with Crippen molar-refractivity contribution in [3.05, 3.63) is 65.7 Å². The Kier molecular flexibility index (Phi) is 19.1. The Morgan fingerprint density at radius 3 is 2.05 bits per heavy atom. The van der Waals surface area contributed by atoms with Gasteiger partial charge in [0, 0.05) is 25.8 Å². The van der Waals surface area contributed by atoms with Crippen LogP contribution in [0.3, 0.4) is 0 Å². The number of nitrogens with zero attached hydrogens (tertiary/aromatic N) is 1. The van der Waals surface area contributed by atoms with E-state index in [0.717, 1.165) is 19.3 Å². The van der Waals surface area contributed by atoms with Gasteiger partial charge >= 0.3 is 5.97 Å². The third kappa shape index (κ3) is 15.6. The van der Waals surface area contributed by atoms with Gasteiger partial charge in [0.05, 0.1) is 18.9 Å². The van der Waals surface area contributed by atoms with Crippen LogP contribution in [0.4, 0.5) is 0 Å². The smallest absolute Gasteiger partial charge is 0.329 e. The van der Waals surface area contributed by atoms with Crippen LogP contribution in [0.25, 0.3) is 0 Å². The second-order valence-electron chi connectivity index (χ2n) is 17.6. The number of fused-ring (bicyclic) bond motifs is 1. The minimum atomic E-state index is -1.62. The number of aromatic hydroxyl groups is 1. The molecule has 4 rings (SSSR count). The number of unbranched alkanes of at least 4 members (excludes halogenated alkanes) is 2. The molecule has 7 amide bonds. The Morgan fingerprint density at radius 2 is 1.41 bits per heavy atom. The molecule has 2 aromatic carbocycles. The maximum atomic E-state index is 14.4. The lowest BCUT2D eigenvalue weighted by atomic mass is 10.0. The van der Waals surface area contributed by atoms with Gasteiger partial charge in [-0.2, -0.15) is 0 Å². The van der Waals surface area contributed by atoms with Gasteiger partial charge < -0.3 is 52.2 Å². The summed E-state index contributed by atoms with van der Waals surface area (Å²) in [5.74, 6) is -6.75. The molecule has 64 heavy (non-hydrogen) atoms. The highest BCUT2D eigenvalue weighted by Gasteiger charge is 2.43. The Hall–Kier alpha value is -6.04. The maximum absolute atomic E-state index is 14.4. The van der Waals surface area contributed by atoms with Crippen molar-refractivity contribution in [1.29, 1.82) is 0 Å². The summed E-state index contributed by atoms with van der Waals surface area (Å²) < 4.78 is 6.03. The predicted molar refractivity (Wildman–Crippen MR) is 234 cm³/mol. The molecule has 350 valence electrons. The van der Waals surface area contributed by atoms with E-state index in [4.69, 9.17) is 10.5 Å². The van der Waals surface area contributed by atoms with Crippen LogP contribution in [0.2, 0.25) is 0 Å². The van der Waals surface area contributed by atoms with E-state index in [-0.39, 0.29) is 44.4 Å². The molecule has 0 spiro atoms. The Bertz CT molecular complexity index is 1940. The number of phenolic OH excluding ortho intramolecular Hbond substituents is 1. The van der Waals surface area contributed by atoms with E-state index >= 15 is 0 Å². The fourth-order valence-electron chi connectivity index (χ4n) is 7.76. The number of carbonyl (C=O) groups excluding carboxylic acids is 8. The molecule has 0 saturated carbocycles. The topological polar surface area (TPSA) is 276 Å². The molecule has 2 saturated heterocycles. The number of phenols is 1. The van der Waals surface area contributed by atoms with E-state index in [1.54, 1.807) is 44.2 Å². The monoisotopic (exact) mass is 891 g/mol. The molecular weight excluding hydrogens is 827 g/mol. The highest BCUT2D eigenvalue weighted by Crippen LogP contribution is 2.22. The molecule has 2 heterocycles. The second kappa shape index (κ2) is 24.1. The predicted octanol–water partition coefficient (Wildman–Crippen LogP) is 1.04. The zero-order valence-corrected chi connectivity index (χ0v) is 37.3. The normalized spacial score (nSPS) is 25.8. The molecular formula is C46H65N7O11. The zero-order valence-electron chi connectivity index (χ0n) is 37.3. The van der Waals surface area contributed by atoms with E-state index in [2.05, 4.69) is 40.4 Å². The number of aliphatic hydroxyl groups is 1. The highest BCUT2D eigenvalue weighted by atomic mass is 16.5. The van der Waals surface area contributed by atoms with E-state index in [1.807, 2.05) is 0 Å². The van der Waals surface area contributed by atoms with E-state index < -0.39 is 108 Å². The molecule has 0 aromatic heterocycles. The van der Waals surface area contributed by atoms with E-state index in [9.17, 15) is 48.6 Å². The number of hydrogen-bond acceptors (Lipinski definition) is 11. The molecule has 18 nitrogen and oxygen atoms in total. The minimum Gasteiger partial charge on any atom is -0.508 e. The van der Waals surface area contributed by atoms with Crippen molar-refractivity contribution in [1.82, 2.24) is 31.5 Å². The van der Waals surface area contributed by atoms with Gasteiger partial charge in [0.2, 0.25) is 41.4 Å². The molecule has 0 aliphatic carbocycles. The SMILES string of the molecule is CC(C)CCCCCC1CC(=O)NC(Cc2ccccc2)C(=O)N2CC(O)CC2C(=O)NC(C)C(=O)NC(C(C)C)C(=O)NC(CC(N)=O)C(=O)NC(Cc2ccc(O)cc2)C(=O)O1. The number of amides is 7. The summed E-state index contributed by atoms with van der Waals surface area (Å²) in [5, 5.41) is 33.7. The number of cyclic esters (lactones) is 1. The van der Waals surface area contributed by atoms with Crippen LogP contribution in [-0.4, -0.2) is 117 Å². The van der Waals surface area contributed by atoms with Gasteiger partial charge in [-0.25, -0.2) is 4.79 Å². The van der Waals surface area contributed by atoms with E-state index in [1.165, 1.54) is 36.1 Å². The van der Waals surface area contributed by atoms with Crippen LogP contribution in [0.1, 0.15) is 97.1 Å². The average Bonchev–Trinajstić information content (AvgIpc) is 3.63. The van der Waals surface area contributed by atoms with Crippen molar-refractivity contribution >= 4 is 47.3 Å². The summed E-state index contributed by atoms with van der Waals surface area (Å²) in [6, 6.07) is 6.66. The van der Waals surface area contributed by atoms with Gasteiger partial charge in [-0.1, -0.05) is 89.4 Å². The number of rotatable bonds is 13. The molecule has 0 radical (unpaired) electrons. The fourth-order valence-corrected chi connectivity index (χ4v) is 7.76. The summed E-state index contributed by atoms with van der Waals surface area (Å²) in [5.41, 5.74) is 6.70. The number of benzene rings is 2. The number of nitrogens with two attached hydrogens (primary N) is 1. The van der Waals surface area contributed by atoms with Crippen LogP contribution in [0.5, 0.6) is 5.75 Å². The number of esters is 1. The van der Waals surface area contributed by atoms with Crippen LogP contribution >= 0.6 is 0 Å². The number of primary amides is 1. The lowest BCUT2D eigenvalue weighted by Gasteiger charge is -2.30. The van der Waals surface area contributed by atoms with Gasteiger partial charge in [-0.3, -0.25) is 33.6 Å². The molecule has 8 atom stereocenters. The van der Waals surface area contributed by atoms with Gasteiger partial charge in [-0.15, -0.1) is 0 Å². The Morgan fingerprint density at radius 1 is 0.766 bits per heavy atom. The van der Waals surface area contributed by atoms with Crippen LogP contribution in [0, 0.1) is 11.8 Å². The molecule has 2 aromatic rings. The van der Waals surface area contributed by atoms with Crippen molar-refractivity contribution in [2.24, 2.45) is 17.6 Å². The molecule has 9 N–H and O–H groups in total. The molecule has 8 unspecified atom stereocenters. The minimum absolute atomic E-state index is 0.0106. The largest absolute Gasteiger partial charge is 0.508 e. The zero-order chi connectivity index (χ0) is 47.1. The number of aliphatic hydroxyl groups excluding tert-OH is 1. The molecule has 18 heteroatoms. The second-order valence-corrected chi connectivity index (χ2v) is 17.6. The number of ether oxygens (including phenoxy) is 1. The Labute approximate surface area is 374 Å². The molecule has 2 aliphatic rings.